The van der Waals surface area contributed by atoms with Crippen LogP contribution in [0.4, 0.5) is 5.69 Å². The highest BCUT2D eigenvalue weighted by atomic mass is 32.2. The molecular weight excluding hydrogens is 452 g/mol. The maximum absolute atomic E-state index is 12.8. The third-order valence-electron chi connectivity index (χ3n) is 4.65. The fourth-order valence-electron chi connectivity index (χ4n) is 2.91. The molecule has 3 aromatic rings. The van der Waals surface area contributed by atoms with Crippen molar-refractivity contribution >= 4 is 29.4 Å². The van der Waals surface area contributed by atoms with Crippen molar-refractivity contribution < 1.29 is 4.79 Å². The number of amidine groups is 1. The van der Waals surface area contributed by atoms with Crippen molar-refractivity contribution in [1.82, 2.24) is 14.5 Å². The van der Waals surface area contributed by atoms with Gasteiger partial charge in [-0.25, -0.2) is 9.36 Å². The second-order valence-electron chi connectivity index (χ2n) is 7.09. The van der Waals surface area contributed by atoms with E-state index in [4.69, 9.17) is 11.1 Å². The molecule has 1 amide bonds. The van der Waals surface area contributed by atoms with E-state index < -0.39 is 23.7 Å². The van der Waals surface area contributed by atoms with Crippen molar-refractivity contribution in [3.8, 4) is 0 Å². The normalized spacial score (nSPS) is 10.1. The molecule has 10 heteroatoms. The third kappa shape index (κ3) is 7.38. The second-order valence-corrected chi connectivity index (χ2v) is 7.87. The zero-order valence-electron chi connectivity index (χ0n) is 19.5. The van der Waals surface area contributed by atoms with Gasteiger partial charge in [-0.05, 0) is 23.1 Å². The Morgan fingerprint density at radius 1 is 1.03 bits per heavy atom. The van der Waals surface area contributed by atoms with Crippen molar-refractivity contribution in [2.24, 2.45) is 12.8 Å². The van der Waals surface area contributed by atoms with Crippen LogP contribution < -0.4 is 27.0 Å². The minimum Gasteiger partial charge on any atom is -0.384 e. The highest BCUT2D eigenvalue weighted by Crippen LogP contribution is 2.13. The molecule has 1 aromatic heterocycles. The number of nitrogens with one attached hydrogen (secondary N) is 3. The van der Waals surface area contributed by atoms with Crippen molar-refractivity contribution in [1.29, 1.82) is 5.41 Å². The summed E-state index contributed by atoms with van der Waals surface area (Å²) in [5.41, 5.74) is 6.99. The first-order valence-electron chi connectivity index (χ1n) is 10.8. The summed E-state index contributed by atoms with van der Waals surface area (Å²) in [7, 11) is 1.53. The van der Waals surface area contributed by atoms with Crippen LogP contribution >= 0.6 is 11.9 Å². The first-order valence-corrected chi connectivity index (χ1v) is 11.8. The molecule has 5 N–H and O–H groups in total. The summed E-state index contributed by atoms with van der Waals surface area (Å²) in [4.78, 5) is 37.6. The number of nitrogens with zero attached hydrogens (tertiary/aromatic N) is 2. The van der Waals surface area contributed by atoms with E-state index in [1.165, 1.54) is 29.8 Å². The fraction of sp³-hybridized carbons (Fsp3) is 0.250. The van der Waals surface area contributed by atoms with Crippen LogP contribution in [0.1, 0.15) is 30.5 Å². The van der Waals surface area contributed by atoms with Gasteiger partial charge in [0.1, 0.15) is 18.1 Å². The molecule has 0 atom stereocenters. The smallest absolute Gasteiger partial charge is 0.331 e. The molecule has 180 valence electrons. The number of carbonyl (C=O) groups is 1. The van der Waals surface area contributed by atoms with Crippen LogP contribution in [0.25, 0.3) is 0 Å². The predicted molar refractivity (Wildman–Crippen MR) is 138 cm³/mol. The average molecular weight is 483 g/mol. The number of anilines is 1. The quantitative estimate of drug-likeness (QED) is 0.210. The topological polar surface area (TPSA) is 135 Å². The lowest BCUT2D eigenvalue weighted by molar-refractivity contribution is -0.121. The van der Waals surface area contributed by atoms with Gasteiger partial charge in [0.05, 0.1) is 0 Å². The van der Waals surface area contributed by atoms with Crippen LogP contribution in [0.15, 0.2) is 70.4 Å². The lowest BCUT2D eigenvalue weighted by Crippen LogP contribution is -2.43. The highest BCUT2D eigenvalue weighted by Gasteiger charge is 2.13. The maximum atomic E-state index is 12.8. The molecule has 0 saturated heterocycles. The molecule has 3 rings (SSSR count). The van der Waals surface area contributed by atoms with Gasteiger partial charge in [0.25, 0.3) is 5.56 Å². The lowest BCUT2D eigenvalue weighted by atomic mass is 10.1. The van der Waals surface area contributed by atoms with E-state index in [1.54, 1.807) is 24.3 Å². The van der Waals surface area contributed by atoms with E-state index in [2.05, 4.69) is 10.0 Å². The average Bonchev–Trinajstić information content (AvgIpc) is 2.85. The second kappa shape index (κ2) is 13.0. The molecule has 0 unspecified atom stereocenters. The van der Waals surface area contributed by atoms with Gasteiger partial charge < -0.3 is 20.3 Å². The highest BCUT2D eigenvalue weighted by molar-refractivity contribution is 7.99. The van der Waals surface area contributed by atoms with E-state index in [9.17, 15) is 14.4 Å². The van der Waals surface area contributed by atoms with Crippen molar-refractivity contribution in [3.63, 3.8) is 0 Å². The van der Waals surface area contributed by atoms with Gasteiger partial charge >= 0.3 is 5.69 Å². The van der Waals surface area contributed by atoms with Crippen LogP contribution in [-0.4, -0.2) is 20.9 Å². The Morgan fingerprint density at radius 2 is 1.68 bits per heavy atom. The monoisotopic (exact) mass is 482 g/mol. The number of nitrogen functional groups attached to an aromatic ring is 1. The predicted octanol–water partition coefficient (Wildman–Crippen LogP) is 2.43. The maximum Gasteiger partial charge on any atom is 0.331 e. The molecule has 1 heterocycles. The minimum atomic E-state index is -0.574. The summed E-state index contributed by atoms with van der Waals surface area (Å²) < 4.78 is 5.15. The third-order valence-corrected chi connectivity index (χ3v) is 5.49. The minimum absolute atomic E-state index is 0.0359. The number of benzene rings is 2. The number of hydrogen-bond donors (Lipinski definition) is 4. The Balaban J connectivity index is 0.00000199. The number of rotatable bonds is 9. The summed E-state index contributed by atoms with van der Waals surface area (Å²) in [5, 5.41) is 10.1. The largest absolute Gasteiger partial charge is 0.384 e. The summed E-state index contributed by atoms with van der Waals surface area (Å²) >= 11 is 1.32. The summed E-state index contributed by atoms with van der Waals surface area (Å²) in [6.07, 6.45) is 1.42. The van der Waals surface area contributed by atoms with Gasteiger partial charge in [-0.3, -0.25) is 15.0 Å². The summed E-state index contributed by atoms with van der Waals surface area (Å²) in [5.74, 6) is 0.131. The Kier molecular flexibility index (Phi) is 10.2. The molecule has 0 aliphatic heterocycles. The number of hydrogen-bond acceptors (Lipinski definition) is 6. The van der Waals surface area contributed by atoms with Gasteiger partial charge in [0.2, 0.25) is 5.91 Å². The van der Waals surface area contributed by atoms with Gasteiger partial charge in [0, 0.05) is 31.1 Å². The van der Waals surface area contributed by atoms with E-state index >= 15 is 0 Å². The van der Waals surface area contributed by atoms with Crippen molar-refractivity contribution in [2.45, 2.75) is 32.7 Å². The van der Waals surface area contributed by atoms with Gasteiger partial charge in [0.15, 0.2) is 0 Å². The molecule has 0 spiro atoms. The molecule has 0 radical (unpaired) electrons. The van der Waals surface area contributed by atoms with Crippen LogP contribution in [0.5, 0.6) is 0 Å². The van der Waals surface area contributed by atoms with E-state index in [-0.39, 0.29) is 18.1 Å². The van der Waals surface area contributed by atoms with Crippen LogP contribution in [-0.2, 0) is 30.7 Å². The van der Waals surface area contributed by atoms with Crippen molar-refractivity contribution in [3.05, 3.63) is 98.3 Å². The summed E-state index contributed by atoms with van der Waals surface area (Å²) in [6, 6.07) is 16.6. The Morgan fingerprint density at radius 3 is 2.29 bits per heavy atom. The molecule has 34 heavy (non-hydrogen) atoms. The summed E-state index contributed by atoms with van der Waals surface area (Å²) in [6.45, 7) is 3.83. The van der Waals surface area contributed by atoms with E-state index in [1.807, 2.05) is 44.2 Å². The van der Waals surface area contributed by atoms with E-state index in [0.717, 1.165) is 15.7 Å². The number of carbonyl (C=O) groups excluding carboxylic acids is 1. The van der Waals surface area contributed by atoms with Crippen LogP contribution in [0.3, 0.4) is 0 Å². The van der Waals surface area contributed by atoms with E-state index in [0.29, 0.717) is 11.3 Å². The molecule has 0 saturated carbocycles. The molecule has 0 fully saturated rings. The zero-order chi connectivity index (χ0) is 25.1. The number of aromatic nitrogens is 2. The van der Waals surface area contributed by atoms with Crippen LogP contribution in [0, 0.1) is 5.41 Å². The first kappa shape index (κ1) is 26.5. The Bertz CT molecular complexity index is 1220. The Hall–Kier alpha value is -3.79. The molecule has 9 nitrogen and oxygen atoms in total. The van der Waals surface area contributed by atoms with Crippen LogP contribution in [0.2, 0.25) is 0 Å². The zero-order valence-corrected chi connectivity index (χ0v) is 20.3. The number of amides is 1. The number of nitrogens with two attached hydrogens (primary N) is 1. The molecule has 0 bridgehead atoms. The standard InChI is InChI=1S/C22H24N6O3S.C2H6/c1-27-12-18(26-32-14-16-5-3-2-4-6-16)21(30)28(22(27)31)13-19(29)25-11-15-7-9-17(10-8-15)20(23)24;1-2/h2-10,12,26H,11,13-14H2,1H3,(H3,23,24)(H,25,29);1-2H3. The van der Waals surface area contributed by atoms with Gasteiger partial charge in [-0.1, -0.05) is 68.4 Å². The molecule has 0 aliphatic carbocycles. The Labute approximate surface area is 202 Å². The molecular formula is C24H30N6O3S. The molecule has 0 aliphatic rings. The first-order chi connectivity index (χ1) is 16.3. The van der Waals surface area contributed by atoms with Gasteiger partial charge in [-0.2, -0.15) is 0 Å². The fourth-order valence-corrected chi connectivity index (χ4v) is 3.64. The van der Waals surface area contributed by atoms with Gasteiger partial charge in [-0.15, -0.1) is 0 Å². The molecule has 2 aromatic carbocycles. The lowest BCUT2D eigenvalue weighted by Gasteiger charge is -2.12. The number of aryl methyl sites for hydroxylation is 1. The SMILES string of the molecule is CC.Cn1cc(NSCc2ccccc2)c(=O)n(CC(=O)NCc2ccc(C(=N)N)cc2)c1=O. The van der Waals surface area contributed by atoms with Crippen molar-refractivity contribution in [2.75, 3.05) is 4.72 Å².